The van der Waals surface area contributed by atoms with Gasteiger partial charge in [-0.05, 0) is 32.3 Å². The molecule has 2 aromatic rings. The van der Waals surface area contributed by atoms with E-state index in [-0.39, 0.29) is 6.10 Å². The first-order chi connectivity index (χ1) is 13.0. The predicted molar refractivity (Wildman–Crippen MR) is 114 cm³/mol. The highest BCUT2D eigenvalue weighted by Crippen LogP contribution is 2.41. The maximum absolute atomic E-state index is 6.75. The number of benzene rings is 2. The van der Waals surface area contributed by atoms with Crippen LogP contribution in [0.25, 0.3) is 0 Å². The van der Waals surface area contributed by atoms with Crippen molar-refractivity contribution in [2.75, 3.05) is 0 Å². The molecule has 0 unspecified atom stereocenters. The second kappa shape index (κ2) is 8.39. The summed E-state index contributed by atoms with van der Waals surface area (Å²) in [5.41, 5.74) is 5.53. The predicted octanol–water partition coefficient (Wildman–Crippen LogP) is 6.58. The van der Waals surface area contributed by atoms with Gasteiger partial charge in [-0.15, -0.1) is 0 Å². The fraction of sp³-hybridized carbons (Fsp3) is 0.480. The molecule has 0 N–H and O–H groups in total. The van der Waals surface area contributed by atoms with Crippen LogP contribution < -0.4 is 0 Å². The average molecular weight is 364 g/mol. The van der Waals surface area contributed by atoms with Crippen molar-refractivity contribution >= 4 is 5.71 Å². The maximum Gasteiger partial charge on any atom is 0.185 e. The lowest BCUT2D eigenvalue weighted by Gasteiger charge is -2.42. The summed E-state index contributed by atoms with van der Waals surface area (Å²) in [4.78, 5) is 5.27. The molecule has 2 aromatic carbocycles. The lowest BCUT2D eigenvalue weighted by Crippen LogP contribution is -2.44. The molecule has 1 aliphatic rings. The quantitative estimate of drug-likeness (QED) is 0.568. The first-order valence-electron chi connectivity index (χ1n) is 10.4. The lowest BCUT2D eigenvalue weighted by molar-refractivity contribution is -0.120. The SMILES string of the molecule is CCCC[C@H]1O[C@](CC)(c2ccc(C)cc2)N=C(c2ccc(C)cc2)[C@H]1C. The molecule has 0 saturated carbocycles. The summed E-state index contributed by atoms with van der Waals surface area (Å²) in [7, 11) is 0. The Morgan fingerprint density at radius 2 is 1.52 bits per heavy atom. The maximum atomic E-state index is 6.75. The van der Waals surface area contributed by atoms with Gasteiger partial charge in [0.1, 0.15) is 0 Å². The van der Waals surface area contributed by atoms with Crippen molar-refractivity contribution in [3.63, 3.8) is 0 Å². The van der Waals surface area contributed by atoms with Crippen LogP contribution in [0.4, 0.5) is 0 Å². The second-order valence-electron chi connectivity index (χ2n) is 7.95. The van der Waals surface area contributed by atoms with Crippen molar-refractivity contribution in [2.45, 2.75) is 72.1 Å². The molecule has 3 atom stereocenters. The molecule has 0 bridgehead atoms. The Balaban J connectivity index is 2.09. The molecule has 0 aliphatic carbocycles. The fourth-order valence-electron chi connectivity index (χ4n) is 3.93. The van der Waals surface area contributed by atoms with Crippen molar-refractivity contribution in [3.05, 3.63) is 70.8 Å². The molecule has 2 nitrogen and oxygen atoms in total. The van der Waals surface area contributed by atoms with Crippen LogP contribution in [0.3, 0.4) is 0 Å². The van der Waals surface area contributed by atoms with Crippen LogP contribution in [0.15, 0.2) is 53.5 Å². The first-order valence-corrected chi connectivity index (χ1v) is 10.4. The molecule has 1 heterocycles. The molecule has 0 radical (unpaired) electrons. The third kappa shape index (κ3) is 4.16. The van der Waals surface area contributed by atoms with Gasteiger partial charge >= 0.3 is 0 Å². The molecular formula is C25H33NO. The van der Waals surface area contributed by atoms with Crippen molar-refractivity contribution < 1.29 is 4.74 Å². The monoisotopic (exact) mass is 363 g/mol. The standard InChI is InChI=1S/C25H33NO/c1-6-8-9-23-20(5)24(21-14-10-18(3)11-15-21)26-25(7-2,27-23)22-16-12-19(4)13-17-22/h10-17,20,23H,6-9H2,1-5H3/t20-,23+,25+/m0/s1. The minimum atomic E-state index is -0.584. The highest BCUT2D eigenvalue weighted by atomic mass is 16.5. The van der Waals surface area contributed by atoms with Crippen molar-refractivity contribution in [2.24, 2.45) is 10.9 Å². The van der Waals surface area contributed by atoms with E-state index in [1.54, 1.807) is 0 Å². The number of rotatable bonds is 6. The summed E-state index contributed by atoms with van der Waals surface area (Å²) in [6, 6.07) is 17.5. The normalized spacial score (nSPS) is 25.3. The largest absolute Gasteiger partial charge is 0.346 e. The van der Waals surface area contributed by atoms with Crippen LogP contribution in [0, 0.1) is 19.8 Å². The number of unbranched alkanes of at least 4 members (excludes halogenated alkanes) is 1. The molecule has 0 fully saturated rings. The number of aryl methyl sites for hydroxylation is 2. The minimum absolute atomic E-state index is 0.194. The Hall–Kier alpha value is -1.93. The molecule has 0 aromatic heterocycles. The zero-order valence-corrected chi connectivity index (χ0v) is 17.5. The molecule has 144 valence electrons. The van der Waals surface area contributed by atoms with Gasteiger partial charge in [0.2, 0.25) is 0 Å². The molecule has 27 heavy (non-hydrogen) atoms. The van der Waals surface area contributed by atoms with E-state index in [0.29, 0.717) is 5.92 Å². The van der Waals surface area contributed by atoms with Gasteiger partial charge in [0.25, 0.3) is 0 Å². The second-order valence-corrected chi connectivity index (χ2v) is 7.95. The Labute approximate surface area is 164 Å². The van der Waals surface area contributed by atoms with Gasteiger partial charge < -0.3 is 4.74 Å². The third-order valence-corrected chi connectivity index (χ3v) is 5.81. The third-order valence-electron chi connectivity index (χ3n) is 5.81. The van der Waals surface area contributed by atoms with Crippen LogP contribution in [-0.2, 0) is 10.5 Å². The Kier molecular flexibility index (Phi) is 6.16. The van der Waals surface area contributed by atoms with E-state index in [0.717, 1.165) is 18.4 Å². The molecular weight excluding hydrogens is 330 g/mol. The summed E-state index contributed by atoms with van der Waals surface area (Å²) in [6.07, 6.45) is 4.48. The Bertz CT molecular complexity index is 775. The van der Waals surface area contributed by atoms with Gasteiger partial charge in [0, 0.05) is 11.5 Å². The van der Waals surface area contributed by atoms with Gasteiger partial charge in [-0.2, -0.15) is 0 Å². The van der Waals surface area contributed by atoms with Crippen LogP contribution in [-0.4, -0.2) is 11.8 Å². The zero-order valence-electron chi connectivity index (χ0n) is 17.5. The number of nitrogens with zero attached hydrogens (tertiary/aromatic N) is 1. The summed E-state index contributed by atoms with van der Waals surface area (Å²) < 4.78 is 6.75. The number of aliphatic imine (C=N–C) groups is 1. The van der Waals surface area contributed by atoms with E-state index >= 15 is 0 Å². The zero-order chi connectivity index (χ0) is 19.4. The van der Waals surface area contributed by atoms with Gasteiger partial charge in [-0.3, -0.25) is 4.99 Å². The first kappa shape index (κ1) is 19.8. The molecule has 0 amide bonds. The van der Waals surface area contributed by atoms with E-state index < -0.39 is 5.72 Å². The van der Waals surface area contributed by atoms with Gasteiger partial charge in [-0.1, -0.05) is 93.3 Å². The fourth-order valence-corrected chi connectivity index (χ4v) is 3.93. The smallest absolute Gasteiger partial charge is 0.185 e. The average Bonchev–Trinajstić information content (AvgIpc) is 2.69. The number of ether oxygens (including phenoxy) is 1. The van der Waals surface area contributed by atoms with Crippen molar-refractivity contribution in [1.82, 2.24) is 0 Å². The topological polar surface area (TPSA) is 21.6 Å². The van der Waals surface area contributed by atoms with Crippen LogP contribution >= 0.6 is 0 Å². The molecule has 0 saturated heterocycles. The van der Waals surface area contributed by atoms with Crippen molar-refractivity contribution in [1.29, 1.82) is 0 Å². The number of hydrogen-bond acceptors (Lipinski definition) is 2. The molecule has 1 aliphatic heterocycles. The van der Waals surface area contributed by atoms with E-state index in [1.165, 1.54) is 35.2 Å². The Morgan fingerprint density at radius 1 is 0.926 bits per heavy atom. The summed E-state index contributed by atoms with van der Waals surface area (Å²) in [5.74, 6) is 0.296. The lowest BCUT2D eigenvalue weighted by atomic mass is 9.86. The van der Waals surface area contributed by atoms with Crippen molar-refractivity contribution in [3.8, 4) is 0 Å². The Morgan fingerprint density at radius 3 is 2.07 bits per heavy atom. The van der Waals surface area contributed by atoms with E-state index in [9.17, 15) is 0 Å². The summed E-state index contributed by atoms with van der Waals surface area (Å²) in [6.45, 7) is 11.0. The van der Waals surface area contributed by atoms with E-state index in [2.05, 4.69) is 83.1 Å². The summed E-state index contributed by atoms with van der Waals surface area (Å²) >= 11 is 0. The molecule has 3 rings (SSSR count). The minimum Gasteiger partial charge on any atom is -0.346 e. The highest BCUT2D eigenvalue weighted by molar-refractivity contribution is 6.03. The number of hydrogen-bond donors (Lipinski definition) is 0. The van der Waals surface area contributed by atoms with Gasteiger partial charge in [0.15, 0.2) is 5.72 Å². The highest BCUT2D eigenvalue weighted by Gasteiger charge is 2.41. The molecule has 2 heteroatoms. The van der Waals surface area contributed by atoms with Gasteiger partial charge in [-0.25, -0.2) is 0 Å². The van der Waals surface area contributed by atoms with E-state index in [4.69, 9.17) is 9.73 Å². The van der Waals surface area contributed by atoms with E-state index in [1.807, 2.05) is 0 Å². The molecule has 0 spiro atoms. The van der Waals surface area contributed by atoms with Gasteiger partial charge in [0.05, 0.1) is 11.8 Å². The van der Waals surface area contributed by atoms with Crippen LogP contribution in [0.5, 0.6) is 0 Å². The van der Waals surface area contributed by atoms with Crippen LogP contribution in [0.1, 0.15) is 68.7 Å². The summed E-state index contributed by atoms with van der Waals surface area (Å²) in [5, 5.41) is 0. The van der Waals surface area contributed by atoms with Crippen LogP contribution in [0.2, 0.25) is 0 Å².